The Hall–Kier alpha value is -1.07. The second kappa shape index (κ2) is 8.53. The molecule has 0 unspecified atom stereocenters. The average Bonchev–Trinajstić information content (AvgIpc) is 2.80. The van der Waals surface area contributed by atoms with Gasteiger partial charge in [0.05, 0.1) is 11.7 Å². The van der Waals surface area contributed by atoms with Crippen LogP contribution >= 0.6 is 12.4 Å². The average molecular weight is 329 g/mol. The van der Waals surface area contributed by atoms with Crippen molar-refractivity contribution in [1.82, 2.24) is 9.78 Å². The van der Waals surface area contributed by atoms with Gasteiger partial charge in [-0.2, -0.15) is 5.10 Å². The molecule has 1 aromatic heterocycles. The van der Waals surface area contributed by atoms with Gasteiger partial charge in [0.2, 0.25) is 5.91 Å². The molecular formula is C16H29ClN4O. The van der Waals surface area contributed by atoms with Gasteiger partial charge in [0.1, 0.15) is 5.82 Å². The summed E-state index contributed by atoms with van der Waals surface area (Å²) in [4.78, 5) is 12.1. The first-order chi connectivity index (χ1) is 9.97. The standard InChI is InChI=1S/C16H28N4O.ClH/c1-11(2)9-13(17)16(21)18-15-10-14(19-20(15)3)12-7-5-4-6-8-12;/h10-13H,4-9,17H2,1-3H3,(H,18,21);1H/t13-;/m0./s1. The largest absolute Gasteiger partial charge is 0.320 e. The summed E-state index contributed by atoms with van der Waals surface area (Å²) in [6, 6.07) is 1.55. The van der Waals surface area contributed by atoms with E-state index in [9.17, 15) is 4.79 Å². The van der Waals surface area contributed by atoms with E-state index in [1.807, 2.05) is 13.1 Å². The van der Waals surface area contributed by atoms with E-state index >= 15 is 0 Å². The molecule has 1 atom stereocenters. The van der Waals surface area contributed by atoms with E-state index in [1.165, 1.54) is 32.1 Å². The number of aryl methyl sites for hydroxylation is 1. The Morgan fingerprint density at radius 3 is 2.64 bits per heavy atom. The van der Waals surface area contributed by atoms with E-state index in [2.05, 4.69) is 24.3 Å². The number of carbonyl (C=O) groups excluding carboxylic acids is 1. The summed E-state index contributed by atoms with van der Waals surface area (Å²) in [7, 11) is 1.87. The lowest BCUT2D eigenvalue weighted by Crippen LogP contribution is -2.37. The van der Waals surface area contributed by atoms with E-state index < -0.39 is 6.04 Å². The van der Waals surface area contributed by atoms with Crippen molar-refractivity contribution in [2.24, 2.45) is 18.7 Å². The van der Waals surface area contributed by atoms with E-state index in [-0.39, 0.29) is 18.3 Å². The first kappa shape index (κ1) is 19.0. The Balaban J connectivity index is 0.00000242. The molecule has 5 nitrogen and oxygen atoms in total. The summed E-state index contributed by atoms with van der Waals surface area (Å²) in [5.74, 6) is 1.58. The summed E-state index contributed by atoms with van der Waals surface area (Å²) in [6.45, 7) is 4.14. The monoisotopic (exact) mass is 328 g/mol. The number of nitrogens with zero attached hydrogens (tertiary/aromatic N) is 2. The van der Waals surface area contributed by atoms with Crippen molar-refractivity contribution in [1.29, 1.82) is 0 Å². The molecule has 1 fully saturated rings. The minimum absolute atomic E-state index is 0. The molecular weight excluding hydrogens is 300 g/mol. The zero-order valence-electron chi connectivity index (χ0n) is 13.8. The molecule has 1 aromatic rings. The number of carbonyl (C=O) groups is 1. The Morgan fingerprint density at radius 2 is 2.05 bits per heavy atom. The van der Waals surface area contributed by atoms with Gasteiger partial charge >= 0.3 is 0 Å². The van der Waals surface area contributed by atoms with Crippen molar-refractivity contribution in [2.75, 3.05) is 5.32 Å². The Labute approximate surface area is 139 Å². The predicted octanol–water partition coefficient (Wildman–Crippen LogP) is 3.20. The van der Waals surface area contributed by atoms with Crippen LogP contribution in [0.1, 0.15) is 64.0 Å². The minimum Gasteiger partial charge on any atom is -0.320 e. The third-order valence-corrected chi connectivity index (χ3v) is 4.24. The highest BCUT2D eigenvalue weighted by Gasteiger charge is 2.21. The van der Waals surface area contributed by atoms with E-state index in [1.54, 1.807) is 4.68 Å². The van der Waals surface area contributed by atoms with Crippen LogP contribution in [0.4, 0.5) is 5.82 Å². The van der Waals surface area contributed by atoms with E-state index in [0.717, 1.165) is 11.5 Å². The molecule has 0 bridgehead atoms. The molecule has 3 N–H and O–H groups in total. The van der Waals surface area contributed by atoms with Gasteiger partial charge in [0.25, 0.3) is 0 Å². The number of amides is 1. The van der Waals surface area contributed by atoms with Crippen LogP contribution in [0.3, 0.4) is 0 Å². The Kier molecular flexibility index (Phi) is 7.36. The van der Waals surface area contributed by atoms with Crippen LogP contribution in [0.15, 0.2) is 6.07 Å². The molecule has 1 aliphatic rings. The molecule has 1 amide bonds. The van der Waals surface area contributed by atoms with Gasteiger partial charge in [-0.25, -0.2) is 0 Å². The fourth-order valence-electron chi connectivity index (χ4n) is 3.04. The van der Waals surface area contributed by atoms with Gasteiger partial charge in [-0.15, -0.1) is 12.4 Å². The first-order valence-corrected chi connectivity index (χ1v) is 8.07. The van der Waals surface area contributed by atoms with Gasteiger partial charge in [0, 0.05) is 19.0 Å². The number of halogens is 1. The lowest BCUT2D eigenvalue weighted by Gasteiger charge is -2.19. The summed E-state index contributed by atoms with van der Waals surface area (Å²) >= 11 is 0. The van der Waals surface area contributed by atoms with Crippen molar-refractivity contribution in [2.45, 2.75) is 64.3 Å². The quantitative estimate of drug-likeness (QED) is 0.871. The molecule has 0 aliphatic heterocycles. The third-order valence-electron chi connectivity index (χ3n) is 4.24. The summed E-state index contributed by atoms with van der Waals surface area (Å²) in [5.41, 5.74) is 7.03. The molecule has 126 valence electrons. The van der Waals surface area contributed by atoms with E-state index in [4.69, 9.17) is 5.73 Å². The van der Waals surface area contributed by atoms with Crippen LogP contribution < -0.4 is 11.1 Å². The number of hydrogen-bond donors (Lipinski definition) is 2. The smallest absolute Gasteiger partial charge is 0.242 e. The minimum atomic E-state index is -0.460. The van der Waals surface area contributed by atoms with Gasteiger partial charge in [-0.1, -0.05) is 33.1 Å². The van der Waals surface area contributed by atoms with Crippen molar-refractivity contribution in [3.63, 3.8) is 0 Å². The SMILES string of the molecule is CC(C)C[C@H](N)C(=O)Nc1cc(C2CCCCC2)nn1C.Cl. The second-order valence-corrected chi connectivity index (χ2v) is 6.64. The molecule has 1 aliphatic carbocycles. The van der Waals surface area contributed by atoms with Gasteiger partial charge in [-0.3, -0.25) is 9.48 Å². The van der Waals surface area contributed by atoms with Crippen molar-refractivity contribution < 1.29 is 4.79 Å². The van der Waals surface area contributed by atoms with Crippen molar-refractivity contribution in [3.05, 3.63) is 11.8 Å². The second-order valence-electron chi connectivity index (χ2n) is 6.64. The van der Waals surface area contributed by atoms with Crippen LogP contribution in [-0.4, -0.2) is 21.7 Å². The summed E-state index contributed by atoms with van der Waals surface area (Å²) < 4.78 is 1.75. The van der Waals surface area contributed by atoms with E-state index in [0.29, 0.717) is 18.3 Å². The highest BCUT2D eigenvalue weighted by molar-refractivity contribution is 5.94. The van der Waals surface area contributed by atoms with Crippen LogP contribution in [-0.2, 0) is 11.8 Å². The maximum absolute atomic E-state index is 12.1. The number of nitrogens with one attached hydrogen (secondary N) is 1. The highest BCUT2D eigenvalue weighted by Crippen LogP contribution is 2.32. The molecule has 0 spiro atoms. The Bertz CT molecular complexity index is 480. The van der Waals surface area contributed by atoms with Crippen LogP contribution in [0.25, 0.3) is 0 Å². The fourth-order valence-corrected chi connectivity index (χ4v) is 3.04. The topological polar surface area (TPSA) is 72.9 Å². The molecule has 0 aromatic carbocycles. The normalized spacial score (nSPS) is 17.1. The van der Waals surface area contributed by atoms with Crippen molar-refractivity contribution >= 4 is 24.1 Å². The zero-order valence-corrected chi connectivity index (χ0v) is 14.7. The van der Waals surface area contributed by atoms with Crippen LogP contribution in [0.2, 0.25) is 0 Å². The summed E-state index contributed by atoms with van der Waals surface area (Å²) in [6.07, 6.45) is 7.00. The molecule has 1 heterocycles. The van der Waals surface area contributed by atoms with Crippen LogP contribution in [0, 0.1) is 5.92 Å². The predicted molar refractivity (Wildman–Crippen MR) is 92.3 cm³/mol. The first-order valence-electron chi connectivity index (χ1n) is 8.07. The molecule has 22 heavy (non-hydrogen) atoms. The maximum atomic E-state index is 12.1. The van der Waals surface area contributed by atoms with Crippen LogP contribution in [0.5, 0.6) is 0 Å². The number of aromatic nitrogens is 2. The number of rotatable bonds is 5. The lowest BCUT2D eigenvalue weighted by molar-refractivity contribution is -0.117. The van der Waals surface area contributed by atoms with Gasteiger partial charge in [-0.05, 0) is 25.2 Å². The van der Waals surface area contributed by atoms with Crippen molar-refractivity contribution in [3.8, 4) is 0 Å². The number of hydrogen-bond acceptors (Lipinski definition) is 3. The molecule has 2 rings (SSSR count). The highest BCUT2D eigenvalue weighted by atomic mass is 35.5. The number of nitrogens with two attached hydrogens (primary N) is 1. The number of anilines is 1. The van der Waals surface area contributed by atoms with Gasteiger partial charge in [0.15, 0.2) is 0 Å². The molecule has 0 radical (unpaired) electrons. The van der Waals surface area contributed by atoms with Gasteiger partial charge < -0.3 is 11.1 Å². The maximum Gasteiger partial charge on any atom is 0.242 e. The summed E-state index contributed by atoms with van der Waals surface area (Å²) in [5, 5.41) is 7.48. The third kappa shape index (κ3) is 4.99. The molecule has 0 saturated heterocycles. The fraction of sp³-hybridized carbons (Fsp3) is 0.750. The Morgan fingerprint density at radius 1 is 1.41 bits per heavy atom. The molecule has 6 heteroatoms. The molecule has 1 saturated carbocycles. The zero-order chi connectivity index (χ0) is 15.4. The lowest BCUT2D eigenvalue weighted by atomic mass is 9.87.